The van der Waals surface area contributed by atoms with E-state index in [1.54, 1.807) is 6.07 Å². The molecule has 0 unspecified atom stereocenters. The van der Waals surface area contributed by atoms with Gasteiger partial charge in [-0.3, -0.25) is 14.5 Å². The Balaban J connectivity index is 1.52. The molecule has 6 heteroatoms. The van der Waals surface area contributed by atoms with E-state index in [4.69, 9.17) is 0 Å². The Hall–Kier alpha value is -2.70. The standard InChI is InChI=1S/C24H29N3O3/c1-16(2)9-11-27-14-20(28)24(15-27)19(22(24)17-6-4-3-5-7-17)13-26-23(30)18-8-10-25-21(29)12-18/h3-10,12,19-20,22,28H,11,13-15H2,1-2H3,(H,25,29)(H,26,30)/t19-,20-,22-,24-/m1/s1. The number of hydrogen-bond acceptors (Lipinski definition) is 4. The number of carbonyl (C=O) groups excluding carboxylic acids is 1. The Morgan fingerprint density at radius 3 is 2.77 bits per heavy atom. The first-order valence-corrected chi connectivity index (χ1v) is 10.5. The number of likely N-dealkylation sites (tertiary alicyclic amines) is 1. The molecule has 2 aliphatic rings. The number of aromatic amines is 1. The van der Waals surface area contributed by atoms with Gasteiger partial charge in [0, 0.05) is 49.4 Å². The molecule has 1 aliphatic carbocycles. The number of hydrogen-bond donors (Lipinski definition) is 3. The number of aliphatic hydroxyl groups excluding tert-OH is 1. The number of nitrogens with zero attached hydrogens (tertiary/aromatic N) is 1. The number of aromatic nitrogens is 1. The molecule has 1 saturated heterocycles. The SMILES string of the molecule is CC(C)=CCN1C[C@@H](O)[C@@]2(C1)[C@H](CNC(=O)c1cc[nH]c(=O)c1)[C@H]2c1ccccc1. The normalized spacial score (nSPS) is 27.8. The third kappa shape index (κ3) is 3.85. The Kier molecular flexibility index (Phi) is 5.62. The Labute approximate surface area is 176 Å². The van der Waals surface area contributed by atoms with Crippen LogP contribution in [-0.4, -0.2) is 53.2 Å². The van der Waals surface area contributed by atoms with E-state index in [9.17, 15) is 14.7 Å². The first-order chi connectivity index (χ1) is 14.4. The molecule has 2 fully saturated rings. The van der Waals surface area contributed by atoms with Gasteiger partial charge >= 0.3 is 0 Å². The lowest BCUT2D eigenvalue weighted by Gasteiger charge is -2.16. The second-order valence-electron chi connectivity index (χ2n) is 8.75. The van der Waals surface area contributed by atoms with Gasteiger partial charge in [0.05, 0.1) is 6.10 Å². The summed E-state index contributed by atoms with van der Waals surface area (Å²) in [5.74, 6) is 0.0891. The van der Waals surface area contributed by atoms with Crippen LogP contribution in [0.2, 0.25) is 0 Å². The minimum absolute atomic E-state index is 0.151. The van der Waals surface area contributed by atoms with E-state index in [-0.39, 0.29) is 28.7 Å². The molecule has 1 aromatic heterocycles. The smallest absolute Gasteiger partial charge is 0.251 e. The van der Waals surface area contributed by atoms with Crippen molar-refractivity contribution in [2.45, 2.75) is 25.9 Å². The van der Waals surface area contributed by atoms with Crippen LogP contribution >= 0.6 is 0 Å². The van der Waals surface area contributed by atoms with Crippen LogP contribution in [0.4, 0.5) is 0 Å². The molecule has 4 atom stereocenters. The molecule has 1 amide bonds. The van der Waals surface area contributed by atoms with Crippen LogP contribution in [0, 0.1) is 11.3 Å². The van der Waals surface area contributed by atoms with E-state index < -0.39 is 6.10 Å². The van der Waals surface area contributed by atoms with Gasteiger partial charge in [-0.2, -0.15) is 0 Å². The number of β-amino-alcohol motifs (C(OH)–C–C–N with tert-alkyl or cyclic N) is 1. The number of allylic oxidation sites excluding steroid dienone is 1. The fourth-order valence-electron chi connectivity index (χ4n) is 5.03. The maximum atomic E-state index is 12.6. The van der Waals surface area contributed by atoms with Gasteiger partial charge in [-0.1, -0.05) is 42.0 Å². The van der Waals surface area contributed by atoms with Crippen LogP contribution in [0.5, 0.6) is 0 Å². The second kappa shape index (κ2) is 8.20. The van der Waals surface area contributed by atoms with Crippen molar-refractivity contribution in [3.63, 3.8) is 0 Å². The van der Waals surface area contributed by atoms with Crippen molar-refractivity contribution in [1.29, 1.82) is 0 Å². The molecule has 2 heterocycles. The number of aliphatic hydroxyl groups is 1. The highest BCUT2D eigenvalue weighted by Crippen LogP contribution is 2.68. The van der Waals surface area contributed by atoms with Crippen LogP contribution in [0.25, 0.3) is 0 Å². The van der Waals surface area contributed by atoms with Gasteiger partial charge in [0.15, 0.2) is 0 Å². The number of pyridine rings is 1. The quantitative estimate of drug-likeness (QED) is 0.641. The Morgan fingerprint density at radius 1 is 1.30 bits per heavy atom. The summed E-state index contributed by atoms with van der Waals surface area (Å²) in [6.07, 6.45) is 3.23. The number of carbonyl (C=O) groups is 1. The van der Waals surface area contributed by atoms with Crippen molar-refractivity contribution < 1.29 is 9.90 Å². The monoisotopic (exact) mass is 407 g/mol. The van der Waals surface area contributed by atoms with Crippen LogP contribution in [-0.2, 0) is 0 Å². The van der Waals surface area contributed by atoms with Crippen molar-refractivity contribution in [2.75, 3.05) is 26.2 Å². The Morgan fingerprint density at radius 2 is 2.07 bits per heavy atom. The lowest BCUT2D eigenvalue weighted by atomic mass is 9.95. The van der Waals surface area contributed by atoms with Gasteiger partial charge in [-0.15, -0.1) is 0 Å². The largest absolute Gasteiger partial charge is 0.391 e. The maximum Gasteiger partial charge on any atom is 0.251 e. The molecular formula is C24H29N3O3. The lowest BCUT2D eigenvalue weighted by molar-refractivity contribution is 0.0939. The minimum atomic E-state index is -0.435. The van der Waals surface area contributed by atoms with Gasteiger partial charge in [0.1, 0.15) is 0 Å². The lowest BCUT2D eigenvalue weighted by Crippen LogP contribution is -2.30. The summed E-state index contributed by atoms with van der Waals surface area (Å²) >= 11 is 0. The van der Waals surface area contributed by atoms with Crippen molar-refractivity contribution >= 4 is 5.91 Å². The molecule has 1 saturated carbocycles. The molecule has 3 N–H and O–H groups in total. The summed E-state index contributed by atoms with van der Waals surface area (Å²) in [7, 11) is 0. The molecule has 1 spiro atoms. The average molecular weight is 408 g/mol. The highest BCUT2D eigenvalue weighted by molar-refractivity contribution is 5.94. The predicted octanol–water partition coefficient (Wildman–Crippen LogP) is 2.15. The van der Waals surface area contributed by atoms with E-state index in [0.29, 0.717) is 18.7 Å². The second-order valence-corrected chi connectivity index (χ2v) is 8.75. The summed E-state index contributed by atoms with van der Waals surface area (Å²) in [6.45, 7) is 6.92. The van der Waals surface area contributed by atoms with E-state index in [0.717, 1.165) is 13.1 Å². The molecule has 6 nitrogen and oxygen atoms in total. The van der Waals surface area contributed by atoms with Gasteiger partial charge in [-0.05, 0) is 37.3 Å². The number of rotatable bonds is 6. The van der Waals surface area contributed by atoms with Crippen molar-refractivity contribution in [3.05, 3.63) is 81.8 Å². The Bertz CT molecular complexity index is 996. The van der Waals surface area contributed by atoms with E-state index >= 15 is 0 Å². The third-order valence-corrected chi connectivity index (χ3v) is 6.55. The zero-order valence-corrected chi connectivity index (χ0v) is 17.5. The zero-order valence-electron chi connectivity index (χ0n) is 17.5. The molecule has 0 bridgehead atoms. The number of benzene rings is 1. The van der Waals surface area contributed by atoms with E-state index in [2.05, 4.69) is 47.3 Å². The topological polar surface area (TPSA) is 85.4 Å². The highest BCUT2D eigenvalue weighted by Gasteiger charge is 2.70. The number of amides is 1. The van der Waals surface area contributed by atoms with Crippen molar-refractivity contribution in [3.8, 4) is 0 Å². The molecule has 1 aromatic carbocycles. The maximum absolute atomic E-state index is 12.6. The summed E-state index contributed by atoms with van der Waals surface area (Å²) < 4.78 is 0. The molecule has 30 heavy (non-hydrogen) atoms. The van der Waals surface area contributed by atoms with Gasteiger partial charge < -0.3 is 15.4 Å². The third-order valence-electron chi connectivity index (χ3n) is 6.55. The summed E-state index contributed by atoms with van der Waals surface area (Å²) in [5, 5.41) is 14.0. The summed E-state index contributed by atoms with van der Waals surface area (Å²) in [4.78, 5) is 28.9. The molecule has 0 radical (unpaired) electrons. The van der Waals surface area contributed by atoms with E-state index in [1.165, 1.54) is 23.4 Å². The molecule has 2 aromatic rings. The van der Waals surface area contributed by atoms with Crippen molar-refractivity contribution in [2.24, 2.45) is 11.3 Å². The van der Waals surface area contributed by atoms with Gasteiger partial charge in [0.2, 0.25) is 5.56 Å². The average Bonchev–Trinajstić information content (AvgIpc) is 3.25. The fourth-order valence-corrected chi connectivity index (χ4v) is 5.03. The highest BCUT2D eigenvalue weighted by atomic mass is 16.3. The summed E-state index contributed by atoms with van der Waals surface area (Å²) in [5.41, 5.74) is 2.27. The molecule has 4 rings (SSSR count). The predicted molar refractivity (Wildman–Crippen MR) is 116 cm³/mol. The van der Waals surface area contributed by atoms with E-state index in [1.807, 2.05) is 18.2 Å². The van der Waals surface area contributed by atoms with Gasteiger partial charge in [0.25, 0.3) is 5.91 Å². The van der Waals surface area contributed by atoms with Crippen LogP contribution in [0.3, 0.4) is 0 Å². The van der Waals surface area contributed by atoms with Gasteiger partial charge in [-0.25, -0.2) is 0 Å². The minimum Gasteiger partial charge on any atom is -0.391 e. The fraction of sp³-hybridized carbons (Fsp3) is 0.417. The number of nitrogens with one attached hydrogen (secondary N) is 2. The van der Waals surface area contributed by atoms with Crippen LogP contribution < -0.4 is 10.9 Å². The molecular weight excluding hydrogens is 378 g/mol. The van der Waals surface area contributed by atoms with Crippen molar-refractivity contribution in [1.82, 2.24) is 15.2 Å². The molecule has 158 valence electrons. The van der Waals surface area contributed by atoms with Crippen LogP contribution in [0.1, 0.15) is 35.7 Å². The molecule has 1 aliphatic heterocycles. The zero-order chi connectivity index (χ0) is 21.3. The first kappa shape index (κ1) is 20.6. The first-order valence-electron chi connectivity index (χ1n) is 10.5. The number of H-pyrrole nitrogens is 1. The summed E-state index contributed by atoms with van der Waals surface area (Å²) in [6, 6.07) is 13.2. The van der Waals surface area contributed by atoms with Crippen LogP contribution in [0.15, 0.2) is 65.1 Å².